The fourth-order valence-corrected chi connectivity index (χ4v) is 2.87. The third-order valence-electron chi connectivity index (χ3n) is 3.82. The molecule has 21 heavy (non-hydrogen) atoms. The summed E-state index contributed by atoms with van der Waals surface area (Å²) >= 11 is 0. The van der Waals surface area contributed by atoms with Crippen molar-refractivity contribution >= 4 is 5.78 Å². The minimum Gasteiger partial charge on any atom is -0.481 e. The third-order valence-corrected chi connectivity index (χ3v) is 3.82. The van der Waals surface area contributed by atoms with Gasteiger partial charge in [-0.2, -0.15) is 4.98 Å². The molecule has 5 nitrogen and oxygen atoms in total. The highest BCUT2D eigenvalue weighted by Gasteiger charge is 2.33. The van der Waals surface area contributed by atoms with Crippen molar-refractivity contribution in [2.24, 2.45) is 5.41 Å². The van der Waals surface area contributed by atoms with Gasteiger partial charge in [-0.1, -0.05) is 13.8 Å². The van der Waals surface area contributed by atoms with Crippen LogP contribution in [0, 0.1) is 12.3 Å². The molecule has 0 bridgehead atoms. The van der Waals surface area contributed by atoms with E-state index in [-0.39, 0.29) is 11.2 Å². The molecule has 0 radical (unpaired) electrons. The van der Waals surface area contributed by atoms with Crippen LogP contribution in [0.15, 0.2) is 18.3 Å². The van der Waals surface area contributed by atoms with Gasteiger partial charge >= 0.3 is 0 Å². The second-order valence-corrected chi connectivity index (χ2v) is 6.34. The zero-order chi connectivity index (χ0) is 15.2. The number of Topliss-reactive ketones (excluding diaryl/α,β-unsaturated/α-hetero) is 1. The first-order chi connectivity index (χ1) is 9.89. The van der Waals surface area contributed by atoms with Crippen molar-refractivity contribution in [3.8, 4) is 11.8 Å². The number of carbonyl (C=O) groups is 1. The summed E-state index contributed by atoms with van der Waals surface area (Å²) in [5.74, 6) is 1.28. The molecular weight excluding hydrogens is 266 g/mol. The van der Waals surface area contributed by atoms with E-state index in [4.69, 9.17) is 4.74 Å². The lowest BCUT2D eigenvalue weighted by atomic mass is 9.76. The topological polar surface area (TPSA) is 57.0 Å². The second-order valence-electron chi connectivity index (χ2n) is 6.34. The van der Waals surface area contributed by atoms with Crippen LogP contribution in [-0.4, -0.2) is 27.4 Å². The highest BCUT2D eigenvalue weighted by molar-refractivity contribution is 5.99. The molecule has 1 aliphatic rings. The van der Waals surface area contributed by atoms with Crippen molar-refractivity contribution in [1.29, 1.82) is 0 Å². The molecule has 110 valence electrons. The number of methoxy groups -OCH3 is 1. The maximum Gasteiger partial charge on any atom is 0.237 e. The monoisotopic (exact) mass is 285 g/mol. The van der Waals surface area contributed by atoms with Gasteiger partial charge < -0.3 is 4.74 Å². The number of fused-ring (bicyclic) bond motifs is 1. The fraction of sp³-hybridized carbons (Fsp3) is 0.438. The molecule has 2 aromatic heterocycles. The predicted molar refractivity (Wildman–Crippen MR) is 79.1 cm³/mol. The van der Waals surface area contributed by atoms with Crippen LogP contribution in [0.3, 0.4) is 0 Å². The molecule has 2 heterocycles. The highest BCUT2D eigenvalue weighted by atomic mass is 16.5. The first kappa shape index (κ1) is 13.8. The summed E-state index contributed by atoms with van der Waals surface area (Å²) in [7, 11) is 1.59. The van der Waals surface area contributed by atoms with Crippen molar-refractivity contribution in [2.75, 3.05) is 7.11 Å². The average Bonchev–Trinajstić information content (AvgIpc) is 2.80. The molecule has 1 aliphatic carbocycles. The standard InChI is InChI=1S/C16H19N3O2/c1-10-7-14(21-4)18-15(17-10)19-6-5-11-12(19)8-16(2,3)9-13(11)20/h5-7H,8-9H2,1-4H3. The van der Waals surface area contributed by atoms with Crippen molar-refractivity contribution < 1.29 is 9.53 Å². The Morgan fingerprint density at radius 2 is 2.05 bits per heavy atom. The van der Waals surface area contributed by atoms with Crippen LogP contribution in [0.1, 0.15) is 42.0 Å². The van der Waals surface area contributed by atoms with Crippen LogP contribution in [0.5, 0.6) is 5.88 Å². The normalized spacial score (nSPS) is 16.7. The van der Waals surface area contributed by atoms with Gasteiger partial charge in [-0.05, 0) is 24.8 Å². The fourth-order valence-electron chi connectivity index (χ4n) is 2.87. The van der Waals surface area contributed by atoms with E-state index in [1.54, 1.807) is 13.2 Å². The van der Waals surface area contributed by atoms with Crippen molar-refractivity contribution in [3.05, 3.63) is 35.3 Å². The summed E-state index contributed by atoms with van der Waals surface area (Å²) in [5, 5.41) is 0. The van der Waals surface area contributed by atoms with Crippen LogP contribution in [0.4, 0.5) is 0 Å². The van der Waals surface area contributed by atoms with E-state index >= 15 is 0 Å². The molecule has 2 aromatic rings. The number of hydrogen-bond acceptors (Lipinski definition) is 4. The number of aryl methyl sites for hydroxylation is 1. The Morgan fingerprint density at radius 3 is 2.76 bits per heavy atom. The van der Waals surface area contributed by atoms with Crippen LogP contribution < -0.4 is 4.74 Å². The Bertz CT molecular complexity index is 716. The van der Waals surface area contributed by atoms with Gasteiger partial charge in [0.25, 0.3) is 0 Å². The lowest BCUT2D eigenvalue weighted by Gasteiger charge is -2.29. The lowest BCUT2D eigenvalue weighted by Crippen LogP contribution is -2.28. The SMILES string of the molecule is COc1cc(C)nc(-n2ccc3c2CC(C)(C)CC3=O)n1. The third kappa shape index (κ3) is 2.44. The molecule has 5 heteroatoms. The van der Waals surface area contributed by atoms with Gasteiger partial charge in [-0.3, -0.25) is 9.36 Å². The van der Waals surface area contributed by atoms with Gasteiger partial charge in [0.1, 0.15) is 0 Å². The molecule has 0 fully saturated rings. The number of rotatable bonds is 2. The largest absolute Gasteiger partial charge is 0.481 e. The van der Waals surface area contributed by atoms with Crippen molar-refractivity contribution in [3.63, 3.8) is 0 Å². The predicted octanol–water partition coefficient (Wildman–Crippen LogP) is 2.74. The van der Waals surface area contributed by atoms with E-state index in [2.05, 4.69) is 23.8 Å². The van der Waals surface area contributed by atoms with Gasteiger partial charge in [-0.15, -0.1) is 0 Å². The number of hydrogen-bond donors (Lipinski definition) is 0. The van der Waals surface area contributed by atoms with Gasteiger partial charge in [0.05, 0.1) is 7.11 Å². The van der Waals surface area contributed by atoms with Crippen molar-refractivity contribution in [1.82, 2.24) is 14.5 Å². The quantitative estimate of drug-likeness (QED) is 0.851. The van der Waals surface area contributed by atoms with Gasteiger partial charge in [0.15, 0.2) is 5.78 Å². The zero-order valence-electron chi connectivity index (χ0n) is 12.8. The molecule has 0 saturated heterocycles. The van der Waals surface area contributed by atoms with E-state index in [0.29, 0.717) is 18.2 Å². The van der Waals surface area contributed by atoms with Gasteiger partial charge in [-0.25, -0.2) is 4.98 Å². The lowest BCUT2D eigenvalue weighted by molar-refractivity contribution is 0.0911. The Morgan fingerprint density at radius 1 is 1.29 bits per heavy atom. The molecule has 0 atom stereocenters. The van der Waals surface area contributed by atoms with Gasteiger partial charge in [0.2, 0.25) is 11.8 Å². The molecule has 0 aromatic carbocycles. The highest BCUT2D eigenvalue weighted by Crippen LogP contribution is 2.35. The summed E-state index contributed by atoms with van der Waals surface area (Å²) < 4.78 is 7.11. The molecular formula is C16H19N3O2. The van der Waals surface area contributed by atoms with Crippen LogP contribution in [0.2, 0.25) is 0 Å². The maximum atomic E-state index is 12.3. The summed E-state index contributed by atoms with van der Waals surface area (Å²) in [6.07, 6.45) is 3.29. The first-order valence-electron chi connectivity index (χ1n) is 7.03. The maximum absolute atomic E-state index is 12.3. The number of ketones is 1. The van der Waals surface area contributed by atoms with Crippen LogP contribution in [0.25, 0.3) is 5.95 Å². The summed E-state index contributed by atoms with van der Waals surface area (Å²) in [5.41, 5.74) is 2.58. The average molecular weight is 285 g/mol. The minimum absolute atomic E-state index is 0.0336. The van der Waals surface area contributed by atoms with E-state index in [0.717, 1.165) is 23.4 Å². The number of carbonyl (C=O) groups excluding carboxylic acids is 1. The molecule has 3 rings (SSSR count). The summed E-state index contributed by atoms with van der Waals surface area (Å²) in [6, 6.07) is 3.65. The summed E-state index contributed by atoms with van der Waals surface area (Å²) in [4.78, 5) is 21.1. The van der Waals surface area contributed by atoms with E-state index in [9.17, 15) is 4.79 Å². The Labute approximate surface area is 124 Å². The second kappa shape index (κ2) is 4.69. The Hall–Kier alpha value is -2.17. The van der Waals surface area contributed by atoms with Crippen LogP contribution >= 0.6 is 0 Å². The van der Waals surface area contributed by atoms with Gasteiger partial charge in [0, 0.05) is 35.6 Å². The first-order valence-corrected chi connectivity index (χ1v) is 7.03. The number of ether oxygens (including phenoxy) is 1. The van der Waals surface area contributed by atoms with Crippen molar-refractivity contribution in [2.45, 2.75) is 33.6 Å². The molecule has 0 aliphatic heterocycles. The minimum atomic E-state index is -0.0336. The Kier molecular flexibility index (Phi) is 3.08. The smallest absolute Gasteiger partial charge is 0.237 e. The molecule has 0 amide bonds. The molecule has 0 N–H and O–H groups in total. The molecule has 0 spiro atoms. The van der Waals surface area contributed by atoms with E-state index in [1.165, 1.54) is 0 Å². The Balaban J connectivity index is 2.14. The molecule has 0 saturated carbocycles. The number of nitrogens with zero attached hydrogens (tertiary/aromatic N) is 3. The van der Waals surface area contributed by atoms with E-state index < -0.39 is 0 Å². The number of aromatic nitrogens is 3. The summed E-state index contributed by atoms with van der Waals surface area (Å²) in [6.45, 7) is 6.13. The zero-order valence-corrected chi connectivity index (χ0v) is 12.8. The van der Waals surface area contributed by atoms with Crippen LogP contribution in [-0.2, 0) is 6.42 Å². The van der Waals surface area contributed by atoms with E-state index in [1.807, 2.05) is 23.8 Å². The molecule has 0 unspecified atom stereocenters.